The number of hydrogen-bond acceptors (Lipinski definition) is 7. The van der Waals surface area contributed by atoms with E-state index in [9.17, 15) is 19.7 Å². The molecule has 0 bridgehead atoms. The third-order valence-corrected chi connectivity index (χ3v) is 4.02. The van der Waals surface area contributed by atoms with Gasteiger partial charge in [-0.25, -0.2) is 4.79 Å². The summed E-state index contributed by atoms with van der Waals surface area (Å²) in [6.07, 6.45) is -0.206. The van der Waals surface area contributed by atoms with Crippen molar-refractivity contribution in [1.82, 2.24) is 0 Å². The van der Waals surface area contributed by atoms with E-state index in [1.807, 2.05) is 19.1 Å². The third-order valence-electron chi connectivity index (χ3n) is 4.02. The van der Waals surface area contributed by atoms with Crippen molar-refractivity contribution in [3.8, 4) is 11.5 Å². The molecule has 0 unspecified atom stereocenters. The van der Waals surface area contributed by atoms with Crippen LogP contribution in [0.15, 0.2) is 42.5 Å². The van der Waals surface area contributed by atoms with Gasteiger partial charge in [0.1, 0.15) is 11.5 Å². The minimum absolute atomic E-state index is 0.116. The molecule has 29 heavy (non-hydrogen) atoms. The molecule has 9 nitrogen and oxygen atoms in total. The summed E-state index contributed by atoms with van der Waals surface area (Å²) in [6, 6.07) is 11.1. The van der Waals surface area contributed by atoms with Crippen LogP contribution in [0.1, 0.15) is 19.4 Å². The maximum Gasteiger partial charge on any atom is 0.344 e. The van der Waals surface area contributed by atoms with Crippen molar-refractivity contribution < 1.29 is 28.7 Å². The van der Waals surface area contributed by atoms with Crippen LogP contribution >= 0.6 is 0 Å². The average molecular weight is 402 g/mol. The number of methoxy groups -OCH3 is 1. The van der Waals surface area contributed by atoms with E-state index >= 15 is 0 Å². The number of esters is 1. The first kappa shape index (κ1) is 21.7. The van der Waals surface area contributed by atoms with Gasteiger partial charge in [-0.05, 0) is 37.1 Å². The fourth-order valence-electron chi connectivity index (χ4n) is 2.38. The number of nitro groups is 1. The summed E-state index contributed by atoms with van der Waals surface area (Å²) in [5.41, 5.74) is 1.19. The molecule has 2 rings (SSSR count). The Labute approximate surface area is 167 Å². The SMILES string of the molecule is CCc1ccc(OCC(=O)O[C@@H](C)C(=O)Nc2ccc([N+](=O)[O-])cc2OC)cc1. The molecule has 0 saturated heterocycles. The molecule has 0 fully saturated rings. The molecule has 9 heteroatoms. The molecule has 0 saturated carbocycles. The van der Waals surface area contributed by atoms with Crippen LogP contribution in [-0.4, -0.2) is 36.6 Å². The van der Waals surface area contributed by atoms with Crippen molar-refractivity contribution in [2.75, 3.05) is 19.0 Å². The second-order valence-corrected chi connectivity index (χ2v) is 6.05. The molecule has 1 N–H and O–H groups in total. The number of ether oxygens (including phenoxy) is 3. The van der Waals surface area contributed by atoms with E-state index in [-0.39, 0.29) is 23.7 Å². The molecule has 0 aliphatic carbocycles. The summed E-state index contributed by atoms with van der Waals surface area (Å²) >= 11 is 0. The Bertz CT molecular complexity index is 881. The molecule has 1 amide bonds. The van der Waals surface area contributed by atoms with E-state index in [1.54, 1.807) is 12.1 Å². The van der Waals surface area contributed by atoms with E-state index in [0.717, 1.165) is 12.0 Å². The van der Waals surface area contributed by atoms with Gasteiger partial charge < -0.3 is 19.5 Å². The number of rotatable bonds is 9. The predicted octanol–water partition coefficient (Wildman–Crippen LogP) is 3.12. The highest BCUT2D eigenvalue weighted by Crippen LogP contribution is 2.29. The number of amides is 1. The van der Waals surface area contributed by atoms with Crippen molar-refractivity contribution in [3.63, 3.8) is 0 Å². The molecule has 0 radical (unpaired) electrons. The van der Waals surface area contributed by atoms with Crippen molar-refractivity contribution in [2.45, 2.75) is 26.4 Å². The minimum atomic E-state index is -1.10. The first-order chi connectivity index (χ1) is 13.8. The molecule has 154 valence electrons. The van der Waals surface area contributed by atoms with Crippen molar-refractivity contribution in [2.24, 2.45) is 0 Å². The van der Waals surface area contributed by atoms with E-state index in [4.69, 9.17) is 14.2 Å². The summed E-state index contributed by atoms with van der Waals surface area (Å²) < 4.78 is 15.5. The topological polar surface area (TPSA) is 117 Å². The van der Waals surface area contributed by atoms with Crippen LogP contribution < -0.4 is 14.8 Å². The van der Waals surface area contributed by atoms with E-state index in [1.165, 1.54) is 32.2 Å². The Hall–Kier alpha value is -3.62. The molecule has 0 spiro atoms. The Morgan fingerprint density at radius 1 is 1.17 bits per heavy atom. The van der Waals surface area contributed by atoms with Crippen molar-refractivity contribution >= 4 is 23.3 Å². The third kappa shape index (κ3) is 6.20. The van der Waals surface area contributed by atoms with Gasteiger partial charge in [-0.2, -0.15) is 0 Å². The van der Waals surface area contributed by atoms with Crippen LogP contribution in [0.4, 0.5) is 11.4 Å². The van der Waals surface area contributed by atoms with Gasteiger partial charge in [0.05, 0.1) is 23.8 Å². The minimum Gasteiger partial charge on any atom is -0.494 e. The predicted molar refractivity (Wildman–Crippen MR) is 105 cm³/mol. The van der Waals surface area contributed by atoms with Gasteiger partial charge in [0.15, 0.2) is 12.7 Å². The smallest absolute Gasteiger partial charge is 0.344 e. The van der Waals surface area contributed by atoms with Gasteiger partial charge in [-0.1, -0.05) is 19.1 Å². The molecular weight excluding hydrogens is 380 g/mol. The molecule has 2 aromatic carbocycles. The monoisotopic (exact) mass is 402 g/mol. The maximum atomic E-state index is 12.3. The van der Waals surface area contributed by atoms with Crippen molar-refractivity contribution in [3.05, 3.63) is 58.1 Å². The number of nitrogens with zero attached hydrogens (tertiary/aromatic N) is 1. The van der Waals surface area contributed by atoms with E-state index < -0.39 is 22.9 Å². The van der Waals surface area contributed by atoms with E-state index in [0.29, 0.717) is 5.75 Å². The Morgan fingerprint density at radius 2 is 1.86 bits per heavy atom. The Balaban J connectivity index is 1.89. The molecular formula is C20H22N2O7. The van der Waals surface area contributed by atoms with E-state index in [2.05, 4.69) is 5.32 Å². The highest BCUT2D eigenvalue weighted by Gasteiger charge is 2.20. The van der Waals surface area contributed by atoms with Gasteiger partial charge >= 0.3 is 5.97 Å². The molecule has 0 heterocycles. The molecule has 0 aliphatic rings. The number of non-ortho nitro benzene ring substituents is 1. The number of carbonyl (C=O) groups excluding carboxylic acids is 2. The van der Waals surface area contributed by atoms with Gasteiger partial charge in [0.25, 0.3) is 11.6 Å². The lowest BCUT2D eigenvalue weighted by Crippen LogP contribution is -2.31. The zero-order chi connectivity index (χ0) is 21.4. The number of hydrogen-bond donors (Lipinski definition) is 1. The maximum absolute atomic E-state index is 12.3. The highest BCUT2D eigenvalue weighted by molar-refractivity contribution is 5.96. The summed E-state index contributed by atoms with van der Waals surface area (Å²) in [5, 5.41) is 13.3. The first-order valence-electron chi connectivity index (χ1n) is 8.88. The van der Waals surface area contributed by atoms with Crippen molar-refractivity contribution in [1.29, 1.82) is 0 Å². The fraction of sp³-hybridized carbons (Fsp3) is 0.300. The molecule has 0 aromatic heterocycles. The second kappa shape index (κ2) is 10.1. The Morgan fingerprint density at radius 3 is 2.45 bits per heavy atom. The van der Waals surface area contributed by atoms with Crippen LogP contribution in [0.2, 0.25) is 0 Å². The number of carbonyl (C=O) groups is 2. The summed E-state index contributed by atoms with van der Waals surface area (Å²) in [7, 11) is 1.32. The summed E-state index contributed by atoms with van der Waals surface area (Å²) in [4.78, 5) is 34.4. The second-order valence-electron chi connectivity index (χ2n) is 6.05. The number of benzene rings is 2. The van der Waals surface area contributed by atoms with Crippen LogP contribution in [-0.2, 0) is 20.7 Å². The lowest BCUT2D eigenvalue weighted by Gasteiger charge is -2.15. The van der Waals surface area contributed by atoms with Gasteiger partial charge in [0, 0.05) is 6.07 Å². The zero-order valence-corrected chi connectivity index (χ0v) is 16.3. The number of nitrogens with one attached hydrogen (secondary N) is 1. The molecule has 0 aliphatic heterocycles. The summed E-state index contributed by atoms with van der Waals surface area (Å²) in [6.45, 7) is 3.09. The van der Waals surface area contributed by atoms with Crippen LogP contribution in [0.25, 0.3) is 0 Å². The standard InChI is InChI=1S/C20H22N2O7/c1-4-14-5-8-16(9-6-14)28-12-19(23)29-13(2)20(24)21-17-10-7-15(22(25)26)11-18(17)27-3/h5-11,13H,4,12H2,1-3H3,(H,21,24)/t13-/m0/s1. The quantitative estimate of drug-likeness (QED) is 0.389. The van der Waals surface area contributed by atoms with Gasteiger partial charge in [-0.15, -0.1) is 0 Å². The zero-order valence-electron chi connectivity index (χ0n) is 16.3. The largest absolute Gasteiger partial charge is 0.494 e. The first-order valence-corrected chi connectivity index (χ1v) is 8.88. The average Bonchev–Trinajstić information content (AvgIpc) is 2.72. The molecule has 2 aromatic rings. The lowest BCUT2D eigenvalue weighted by molar-refractivity contribution is -0.384. The van der Waals surface area contributed by atoms with Gasteiger partial charge in [0.2, 0.25) is 0 Å². The number of anilines is 1. The van der Waals surface area contributed by atoms with Crippen LogP contribution in [0.3, 0.4) is 0 Å². The Kier molecular flexibility index (Phi) is 7.53. The summed E-state index contributed by atoms with van der Waals surface area (Å²) in [5.74, 6) is -0.683. The lowest BCUT2D eigenvalue weighted by atomic mass is 10.2. The van der Waals surface area contributed by atoms with Crippen LogP contribution in [0.5, 0.6) is 11.5 Å². The normalized spacial score (nSPS) is 11.3. The molecule has 1 atom stereocenters. The van der Waals surface area contributed by atoms with Gasteiger partial charge in [-0.3, -0.25) is 14.9 Å². The fourth-order valence-corrected chi connectivity index (χ4v) is 2.38. The highest BCUT2D eigenvalue weighted by atomic mass is 16.6. The number of nitro benzene ring substituents is 1. The van der Waals surface area contributed by atoms with Crippen LogP contribution in [0, 0.1) is 10.1 Å². The number of aryl methyl sites for hydroxylation is 1.